The summed E-state index contributed by atoms with van der Waals surface area (Å²) < 4.78 is 0. The van der Waals surface area contributed by atoms with Gasteiger partial charge in [0.15, 0.2) is 11.0 Å². The molecule has 0 aliphatic heterocycles. The third-order valence-corrected chi connectivity index (χ3v) is 3.06. The maximum atomic E-state index is 5.55. The van der Waals surface area contributed by atoms with Crippen molar-refractivity contribution >= 4 is 23.3 Å². The van der Waals surface area contributed by atoms with Gasteiger partial charge in [-0.05, 0) is 18.8 Å². The SMILES string of the molecule is Nc1cnc(SCC2CC2)nc1N. The zero-order valence-electron chi connectivity index (χ0n) is 7.23. The van der Waals surface area contributed by atoms with Crippen molar-refractivity contribution in [2.24, 2.45) is 5.92 Å². The van der Waals surface area contributed by atoms with Crippen molar-refractivity contribution in [1.82, 2.24) is 9.97 Å². The molecule has 0 bridgehead atoms. The van der Waals surface area contributed by atoms with Crippen LogP contribution in [-0.2, 0) is 0 Å². The molecule has 0 amide bonds. The van der Waals surface area contributed by atoms with Crippen LogP contribution in [0.1, 0.15) is 12.8 Å². The van der Waals surface area contributed by atoms with E-state index in [1.807, 2.05) is 0 Å². The van der Waals surface area contributed by atoms with Crippen LogP contribution in [-0.4, -0.2) is 15.7 Å². The summed E-state index contributed by atoms with van der Waals surface area (Å²) in [4.78, 5) is 8.16. The molecule has 0 atom stereocenters. The zero-order chi connectivity index (χ0) is 9.26. The van der Waals surface area contributed by atoms with Crippen LogP contribution in [0.15, 0.2) is 11.4 Å². The van der Waals surface area contributed by atoms with Gasteiger partial charge in [-0.3, -0.25) is 0 Å². The predicted molar refractivity (Wildman–Crippen MR) is 54.3 cm³/mol. The van der Waals surface area contributed by atoms with Gasteiger partial charge in [-0.1, -0.05) is 11.8 Å². The summed E-state index contributed by atoms with van der Waals surface area (Å²) >= 11 is 1.66. The molecule has 1 fully saturated rings. The van der Waals surface area contributed by atoms with Gasteiger partial charge in [0.05, 0.1) is 11.9 Å². The summed E-state index contributed by atoms with van der Waals surface area (Å²) in [6, 6.07) is 0. The van der Waals surface area contributed by atoms with Crippen LogP contribution in [0.3, 0.4) is 0 Å². The Labute approximate surface area is 81.1 Å². The molecule has 0 saturated heterocycles. The van der Waals surface area contributed by atoms with Gasteiger partial charge in [0.1, 0.15) is 0 Å². The molecule has 4 nitrogen and oxygen atoms in total. The van der Waals surface area contributed by atoms with Crippen molar-refractivity contribution in [2.75, 3.05) is 17.2 Å². The summed E-state index contributed by atoms with van der Waals surface area (Å²) in [6.07, 6.45) is 4.26. The van der Waals surface area contributed by atoms with Gasteiger partial charge in [-0.25, -0.2) is 9.97 Å². The molecular formula is C8H12N4S. The molecule has 4 N–H and O–H groups in total. The van der Waals surface area contributed by atoms with Crippen molar-refractivity contribution in [1.29, 1.82) is 0 Å². The van der Waals surface area contributed by atoms with Gasteiger partial charge < -0.3 is 11.5 Å². The molecular weight excluding hydrogens is 184 g/mol. The number of nitrogens with zero attached hydrogens (tertiary/aromatic N) is 2. The standard InChI is InChI=1S/C8H12N4S/c9-6-3-11-8(12-7(6)10)13-4-5-1-2-5/h3,5H,1-2,4,9H2,(H2,10,11,12). The lowest BCUT2D eigenvalue weighted by atomic mass is 10.5. The lowest BCUT2D eigenvalue weighted by Crippen LogP contribution is -2.00. The van der Waals surface area contributed by atoms with Crippen LogP contribution in [0.2, 0.25) is 0 Å². The highest BCUT2D eigenvalue weighted by atomic mass is 32.2. The molecule has 13 heavy (non-hydrogen) atoms. The van der Waals surface area contributed by atoms with Gasteiger partial charge in [0.25, 0.3) is 0 Å². The zero-order valence-corrected chi connectivity index (χ0v) is 8.05. The van der Waals surface area contributed by atoms with E-state index < -0.39 is 0 Å². The molecule has 1 saturated carbocycles. The van der Waals surface area contributed by atoms with Crippen molar-refractivity contribution < 1.29 is 0 Å². The lowest BCUT2D eigenvalue weighted by molar-refractivity contribution is 0.953. The van der Waals surface area contributed by atoms with Gasteiger partial charge in [-0.15, -0.1) is 0 Å². The number of rotatable bonds is 3. The number of nitrogen functional groups attached to an aromatic ring is 2. The molecule has 70 valence electrons. The highest BCUT2D eigenvalue weighted by Crippen LogP contribution is 2.34. The first-order valence-electron chi connectivity index (χ1n) is 4.26. The minimum absolute atomic E-state index is 0.383. The van der Waals surface area contributed by atoms with E-state index in [1.54, 1.807) is 18.0 Å². The van der Waals surface area contributed by atoms with Crippen LogP contribution in [0.25, 0.3) is 0 Å². The molecule has 5 heteroatoms. The Bertz CT molecular complexity index is 311. The second kappa shape index (κ2) is 3.41. The first-order chi connectivity index (χ1) is 6.25. The van der Waals surface area contributed by atoms with Crippen molar-refractivity contribution in [3.05, 3.63) is 6.20 Å². The number of thioether (sulfide) groups is 1. The third-order valence-electron chi connectivity index (χ3n) is 1.97. The monoisotopic (exact) mass is 196 g/mol. The summed E-state index contributed by atoms with van der Waals surface area (Å²) in [5, 5.41) is 0.735. The molecule has 1 heterocycles. The first-order valence-corrected chi connectivity index (χ1v) is 5.25. The Morgan fingerprint density at radius 3 is 2.85 bits per heavy atom. The largest absolute Gasteiger partial charge is 0.394 e. The predicted octanol–water partition coefficient (Wildman–Crippen LogP) is 1.14. The Balaban J connectivity index is 1.98. The van der Waals surface area contributed by atoms with E-state index in [1.165, 1.54) is 12.8 Å². The highest BCUT2D eigenvalue weighted by molar-refractivity contribution is 7.99. The summed E-state index contributed by atoms with van der Waals surface area (Å²) in [5.74, 6) is 2.35. The van der Waals surface area contributed by atoms with E-state index in [4.69, 9.17) is 11.5 Å². The maximum Gasteiger partial charge on any atom is 0.189 e. The van der Waals surface area contributed by atoms with E-state index in [9.17, 15) is 0 Å². The summed E-state index contributed by atoms with van der Waals surface area (Å²) in [5.41, 5.74) is 11.5. The minimum atomic E-state index is 0.383. The van der Waals surface area contributed by atoms with E-state index in [-0.39, 0.29) is 0 Å². The Hall–Kier alpha value is -0.970. The number of hydrogen-bond donors (Lipinski definition) is 2. The quantitative estimate of drug-likeness (QED) is 0.560. The lowest BCUT2D eigenvalue weighted by Gasteiger charge is -2.01. The molecule has 0 spiro atoms. The fourth-order valence-electron chi connectivity index (χ4n) is 0.934. The summed E-state index contributed by atoms with van der Waals surface area (Å²) in [6.45, 7) is 0. The van der Waals surface area contributed by atoms with Crippen molar-refractivity contribution in [3.63, 3.8) is 0 Å². The molecule has 0 radical (unpaired) electrons. The van der Waals surface area contributed by atoms with E-state index in [0.29, 0.717) is 11.5 Å². The average Bonchev–Trinajstić information content (AvgIpc) is 2.91. The molecule has 0 aromatic carbocycles. The molecule has 2 rings (SSSR count). The van der Waals surface area contributed by atoms with Crippen LogP contribution < -0.4 is 11.5 Å². The van der Waals surface area contributed by atoms with Gasteiger partial charge >= 0.3 is 0 Å². The second-order valence-corrected chi connectivity index (χ2v) is 4.23. The van der Waals surface area contributed by atoms with Crippen molar-refractivity contribution in [3.8, 4) is 0 Å². The molecule has 1 aliphatic rings. The Morgan fingerprint density at radius 1 is 1.46 bits per heavy atom. The van der Waals surface area contributed by atoms with Gasteiger partial charge in [-0.2, -0.15) is 0 Å². The highest BCUT2D eigenvalue weighted by Gasteiger charge is 2.21. The van der Waals surface area contributed by atoms with E-state index >= 15 is 0 Å². The molecule has 1 aromatic rings. The summed E-state index contributed by atoms with van der Waals surface area (Å²) in [7, 11) is 0. The number of nitrogens with two attached hydrogens (primary N) is 2. The van der Waals surface area contributed by atoms with Gasteiger partial charge in [0.2, 0.25) is 0 Å². The normalized spacial score (nSPS) is 16.0. The van der Waals surface area contributed by atoms with Crippen LogP contribution in [0, 0.1) is 5.92 Å². The van der Waals surface area contributed by atoms with E-state index in [2.05, 4.69) is 9.97 Å². The minimum Gasteiger partial charge on any atom is -0.394 e. The smallest absolute Gasteiger partial charge is 0.189 e. The maximum absolute atomic E-state index is 5.55. The molecule has 1 aliphatic carbocycles. The Morgan fingerprint density at radius 2 is 2.23 bits per heavy atom. The van der Waals surface area contributed by atoms with Crippen LogP contribution >= 0.6 is 11.8 Å². The Kier molecular flexibility index (Phi) is 2.26. The van der Waals surface area contributed by atoms with Crippen LogP contribution in [0.5, 0.6) is 0 Å². The van der Waals surface area contributed by atoms with Crippen LogP contribution in [0.4, 0.5) is 11.5 Å². The second-order valence-electron chi connectivity index (χ2n) is 3.25. The number of anilines is 2. The number of aromatic nitrogens is 2. The third kappa shape index (κ3) is 2.24. The molecule has 0 unspecified atom stereocenters. The average molecular weight is 196 g/mol. The topological polar surface area (TPSA) is 77.8 Å². The van der Waals surface area contributed by atoms with E-state index in [0.717, 1.165) is 16.8 Å². The molecule has 1 aromatic heterocycles. The van der Waals surface area contributed by atoms with Crippen molar-refractivity contribution in [2.45, 2.75) is 18.0 Å². The first kappa shape index (κ1) is 8.62. The number of hydrogen-bond acceptors (Lipinski definition) is 5. The fourth-order valence-corrected chi connectivity index (χ4v) is 1.94. The van der Waals surface area contributed by atoms with Gasteiger partial charge in [0, 0.05) is 5.75 Å². The fraction of sp³-hybridized carbons (Fsp3) is 0.500.